The van der Waals surface area contributed by atoms with Crippen LogP contribution in [0.3, 0.4) is 0 Å². The summed E-state index contributed by atoms with van der Waals surface area (Å²) >= 11 is 0. The molecule has 0 aliphatic carbocycles. The Morgan fingerprint density at radius 2 is 1.94 bits per heavy atom. The van der Waals surface area contributed by atoms with Gasteiger partial charge in [0.2, 0.25) is 11.7 Å². The molecule has 1 N–H and O–H groups in total. The van der Waals surface area contributed by atoms with E-state index >= 15 is 0 Å². The number of carbonyl (C=O) groups is 3. The lowest BCUT2D eigenvalue weighted by Gasteiger charge is -2.37. The number of hydrogen-bond acceptors (Lipinski definition) is 5. The van der Waals surface area contributed by atoms with E-state index < -0.39 is 35.0 Å². The molecule has 1 spiro atoms. The first-order valence-corrected chi connectivity index (χ1v) is 10.7. The highest BCUT2D eigenvalue weighted by Gasteiger charge is 2.70. The van der Waals surface area contributed by atoms with E-state index in [1.54, 1.807) is 36.4 Å². The molecule has 1 amide bonds. The van der Waals surface area contributed by atoms with Crippen LogP contribution in [-0.2, 0) is 15.0 Å². The predicted octanol–water partition coefficient (Wildman–Crippen LogP) is 3.98. The van der Waals surface area contributed by atoms with Crippen LogP contribution in [0.15, 0.2) is 71.4 Å². The molecule has 1 saturated heterocycles. The number of furan rings is 1. The second-order valence-corrected chi connectivity index (χ2v) is 8.66. The van der Waals surface area contributed by atoms with Crippen LogP contribution in [0.25, 0.3) is 6.08 Å². The number of carbonyl (C=O) groups excluding carboxylic acids is 3. The van der Waals surface area contributed by atoms with Gasteiger partial charge in [-0.15, -0.1) is 0 Å². The van der Waals surface area contributed by atoms with Crippen molar-refractivity contribution in [2.24, 2.45) is 5.92 Å². The summed E-state index contributed by atoms with van der Waals surface area (Å²) in [6, 6.07) is 13.1. The minimum absolute atomic E-state index is 0.0889. The Morgan fingerprint density at radius 1 is 1.12 bits per heavy atom. The molecule has 1 aromatic heterocycles. The van der Waals surface area contributed by atoms with Crippen molar-refractivity contribution >= 4 is 34.9 Å². The number of nitrogens with one attached hydrogen (secondary N) is 1. The molecule has 3 aromatic rings. The fraction of sp³-hybridized carbons (Fsp3) is 0.192. The number of benzene rings is 2. The van der Waals surface area contributed by atoms with Crippen LogP contribution >= 0.6 is 0 Å². The normalized spacial score (nSPS) is 26.7. The van der Waals surface area contributed by atoms with Gasteiger partial charge in [-0.05, 0) is 48.9 Å². The summed E-state index contributed by atoms with van der Waals surface area (Å²) in [4.78, 5) is 42.7. The van der Waals surface area contributed by atoms with Crippen molar-refractivity contribution in [3.8, 4) is 0 Å². The zero-order valence-electron chi connectivity index (χ0n) is 17.6. The highest BCUT2D eigenvalue weighted by atomic mass is 19.1. The number of para-hydroxylation sites is 1. The Kier molecular flexibility index (Phi) is 4.02. The van der Waals surface area contributed by atoms with Crippen molar-refractivity contribution in [1.29, 1.82) is 0 Å². The summed E-state index contributed by atoms with van der Waals surface area (Å²) in [5.74, 6) is -2.38. The number of nitrogens with zero attached hydrogens (tertiary/aromatic N) is 1. The van der Waals surface area contributed by atoms with E-state index in [0.717, 1.165) is 0 Å². The molecule has 1 fully saturated rings. The molecule has 6 nitrogen and oxygen atoms in total. The number of Topliss-reactive ketones (excluding diaryl/α,β-unsaturated/α-hetero) is 2. The highest BCUT2D eigenvalue weighted by Crippen LogP contribution is 2.57. The molecule has 0 radical (unpaired) electrons. The molecule has 0 saturated carbocycles. The molecule has 4 atom stereocenters. The van der Waals surface area contributed by atoms with Gasteiger partial charge in [-0.2, -0.15) is 0 Å². The van der Waals surface area contributed by atoms with Crippen molar-refractivity contribution < 1.29 is 23.2 Å². The maximum Gasteiger partial charge on any atom is 0.238 e. The standard InChI is InChI=1S/C26H19FN2O4/c1-14(30)23-22(24(31)20-7-4-12-33-20)26(17-5-2-3-6-18(17)28-25(26)32)21-11-8-15-13-16(27)9-10-19(15)29(21)23/h2-13,21-23H,1H3,(H,28,32)/t21-,22+,23-,26-/m1/s1. The lowest BCUT2D eigenvalue weighted by Crippen LogP contribution is -2.51. The fourth-order valence-corrected chi connectivity index (χ4v) is 5.88. The van der Waals surface area contributed by atoms with E-state index in [2.05, 4.69) is 5.32 Å². The van der Waals surface area contributed by atoms with Crippen molar-refractivity contribution in [3.05, 3.63) is 89.6 Å². The van der Waals surface area contributed by atoms with Gasteiger partial charge in [0, 0.05) is 16.9 Å². The van der Waals surface area contributed by atoms with Gasteiger partial charge in [0.15, 0.2) is 11.5 Å². The topological polar surface area (TPSA) is 79.6 Å². The van der Waals surface area contributed by atoms with Gasteiger partial charge in [-0.1, -0.05) is 30.4 Å². The fourth-order valence-electron chi connectivity index (χ4n) is 5.88. The van der Waals surface area contributed by atoms with Gasteiger partial charge in [-0.3, -0.25) is 14.4 Å². The average Bonchev–Trinajstić information content (AvgIpc) is 3.50. The molecule has 0 unspecified atom stereocenters. The van der Waals surface area contributed by atoms with Crippen molar-refractivity contribution in [2.45, 2.75) is 24.4 Å². The van der Waals surface area contributed by atoms with Crippen molar-refractivity contribution in [1.82, 2.24) is 0 Å². The first kappa shape index (κ1) is 19.7. The third-order valence-corrected chi connectivity index (χ3v) is 7.06. The van der Waals surface area contributed by atoms with Crippen LogP contribution in [0.2, 0.25) is 0 Å². The summed E-state index contributed by atoms with van der Waals surface area (Å²) < 4.78 is 19.4. The van der Waals surface area contributed by atoms with Crippen LogP contribution in [0.5, 0.6) is 0 Å². The minimum atomic E-state index is -1.36. The quantitative estimate of drug-likeness (QED) is 0.621. The van der Waals surface area contributed by atoms with Gasteiger partial charge in [0.25, 0.3) is 0 Å². The van der Waals surface area contributed by atoms with E-state index in [4.69, 9.17) is 4.42 Å². The Balaban J connectivity index is 1.67. The van der Waals surface area contributed by atoms with E-state index in [1.807, 2.05) is 23.1 Å². The summed E-state index contributed by atoms with van der Waals surface area (Å²) in [5.41, 5.74) is 1.11. The monoisotopic (exact) mass is 442 g/mol. The van der Waals surface area contributed by atoms with E-state index in [0.29, 0.717) is 22.5 Å². The van der Waals surface area contributed by atoms with Crippen molar-refractivity contribution in [2.75, 3.05) is 10.2 Å². The molecule has 33 heavy (non-hydrogen) atoms. The van der Waals surface area contributed by atoms with Gasteiger partial charge in [-0.25, -0.2) is 4.39 Å². The predicted molar refractivity (Wildman–Crippen MR) is 119 cm³/mol. The van der Waals surface area contributed by atoms with Gasteiger partial charge in [0.05, 0.1) is 24.3 Å². The van der Waals surface area contributed by atoms with Crippen LogP contribution in [0.1, 0.15) is 28.6 Å². The van der Waals surface area contributed by atoms with E-state index in [-0.39, 0.29) is 17.5 Å². The van der Waals surface area contributed by atoms with Gasteiger partial charge >= 0.3 is 0 Å². The van der Waals surface area contributed by atoms with Crippen LogP contribution in [0, 0.1) is 11.7 Å². The molecule has 0 bridgehead atoms. The number of rotatable bonds is 3. The lowest BCUT2D eigenvalue weighted by molar-refractivity contribution is -0.122. The molecule has 3 aliphatic rings. The maximum atomic E-state index is 14.0. The summed E-state index contributed by atoms with van der Waals surface area (Å²) in [6.07, 6.45) is 4.95. The zero-order chi connectivity index (χ0) is 22.9. The number of ketones is 2. The largest absolute Gasteiger partial charge is 0.461 e. The van der Waals surface area contributed by atoms with Crippen LogP contribution in [0.4, 0.5) is 15.8 Å². The van der Waals surface area contributed by atoms with Crippen LogP contribution in [-0.4, -0.2) is 29.6 Å². The van der Waals surface area contributed by atoms with Gasteiger partial charge < -0.3 is 14.6 Å². The molecule has 2 aromatic carbocycles. The van der Waals surface area contributed by atoms with Crippen molar-refractivity contribution in [3.63, 3.8) is 0 Å². The number of fused-ring (bicyclic) bond motifs is 6. The van der Waals surface area contributed by atoms with E-state index in [1.165, 1.54) is 25.3 Å². The van der Waals surface area contributed by atoms with Crippen LogP contribution < -0.4 is 10.2 Å². The summed E-state index contributed by atoms with van der Waals surface area (Å²) in [7, 11) is 0. The summed E-state index contributed by atoms with van der Waals surface area (Å²) in [6.45, 7) is 1.42. The smallest absolute Gasteiger partial charge is 0.238 e. The molecule has 3 aliphatic heterocycles. The maximum absolute atomic E-state index is 14.0. The summed E-state index contributed by atoms with van der Waals surface area (Å²) in [5, 5.41) is 2.93. The molecule has 164 valence electrons. The third-order valence-electron chi connectivity index (χ3n) is 7.06. The number of halogens is 1. The SMILES string of the molecule is CC(=O)[C@@H]1[C@@H](C(=O)c2ccco2)[C@]2(C(=O)Nc3ccccc32)[C@H]2C=Cc3cc(F)ccc3N12. The Hall–Kier alpha value is -4.00. The molecular formula is C26H19FN2O4. The zero-order valence-corrected chi connectivity index (χ0v) is 17.6. The Labute approximate surface area is 188 Å². The number of anilines is 2. The second-order valence-electron chi connectivity index (χ2n) is 8.66. The average molecular weight is 442 g/mol. The van der Waals surface area contributed by atoms with E-state index in [9.17, 15) is 18.8 Å². The third kappa shape index (κ3) is 2.44. The first-order valence-electron chi connectivity index (χ1n) is 10.7. The number of hydrogen-bond donors (Lipinski definition) is 1. The molecule has 7 heteroatoms. The second kappa shape index (κ2) is 6.75. The Morgan fingerprint density at radius 3 is 2.70 bits per heavy atom. The number of amides is 1. The molecule has 4 heterocycles. The first-order chi connectivity index (χ1) is 15.9. The molecular weight excluding hydrogens is 423 g/mol. The molecule has 6 rings (SSSR count). The minimum Gasteiger partial charge on any atom is -0.461 e. The van der Waals surface area contributed by atoms with Gasteiger partial charge in [0.1, 0.15) is 11.2 Å². The highest BCUT2D eigenvalue weighted by molar-refractivity contribution is 6.16. The lowest BCUT2D eigenvalue weighted by atomic mass is 9.65. The Bertz CT molecular complexity index is 1360.